The second-order valence-corrected chi connectivity index (χ2v) is 7.05. The third-order valence-corrected chi connectivity index (χ3v) is 4.99. The lowest BCUT2D eigenvalue weighted by Gasteiger charge is -2.23. The molecule has 4 unspecified atom stereocenters. The average Bonchev–Trinajstić information content (AvgIpc) is 3.17. The fraction of sp³-hybridized carbons (Fsp3) is 0.421. The number of fused-ring (bicyclic) bond motifs is 2. The Kier molecular flexibility index (Phi) is 4.61. The van der Waals surface area contributed by atoms with Gasteiger partial charge in [0.1, 0.15) is 0 Å². The number of allylic oxidation sites excluding steroid dienone is 2. The summed E-state index contributed by atoms with van der Waals surface area (Å²) >= 11 is 0. The van der Waals surface area contributed by atoms with Crippen molar-refractivity contribution in [3.63, 3.8) is 0 Å². The first-order valence-corrected chi connectivity index (χ1v) is 8.49. The van der Waals surface area contributed by atoms with Gasteiger partial charge in [0.05, 0.1) is 11.8 Å². The van der Waals surface area contributed by atoms with Gasteiger partial charge in [-0.15, -0.1) is 0 Å². The number of amides is 2. The van der Waals surface area contributed by atoms with Crippen LogP contribution in [0.1, 0.15) is 20.3 Å². The van der Waals surface area contributed by atoms with Gasteiger partial charge in [0.25, 0.3) is 0 Å². The third kappa shape index (κ3) is 3.43. The summed E-state index contributed by atoms with van der Waals surface area (Å²) in [4.78, 5) is 35.8. The summed E-state index contributed by atoms with van der Waals surface area (Å²) < 4.78 is 0. The topological polar surface area (TPSA) is 95.5 Å². The van der Waals surface area contributed by atoms with E-state index in [-0.39, 0.29) is 29.6 Å². The van der Waals surface area contributed by atoms with Gasteiger partial charge in [-0.3, -0.25) is 14.4 Å². The molecule has 25 heavy (non-hydrogen) atoms. The number of hydrogen-bond acceptors (Lipinski definition) is 3. The van der Waals surface area contributed by atoms with Crippen LogP contribution in [-0.2, 0) is 14.4 Å². The van der Waals surface area contributed by atoms with Crippen LogP contribution < -0.4 is 10.6 Å². The van der Waals surface area contributed by atoms with E-state index in [1.54, 1.807) is 24.3 Å². The smallest absolute Gasteiger partial charge is 0.307 e. The van der Waals surface area contributed by atoms with Crippen molar-refractivity contribution in [3.8, 4) is 0 Å². The highest BCUT2D eigenvalue weighted by Gasteiger charge is 2.51. The second kappa shape index (κ2) is 6.70. The van der Waals surface area contributed by atoms with E-state index in [0.717, 1.165) is 6.42 Å². The van der Waals surface area contributed by atoms with Gasteiger partial charge in [0.2, 0.25) is 11.8 Å². The Morgan fingerprint density at radius 3 is 2.00 bits per heavy atom. The molecule has 0 saturated heterocycles. The molecule has 3 N–H and O–H groups in total. The van der Waals surface area contributed by atoms with Crippen molar-refractivity contribution in [2.24, 2.45) is 29.6 Å². The maximum atomic E-state index is 12.6. The van der Waals surface area contributed by atoms with Crippen LogP contribution >= 0.6 is 0 Å². The highest BCUT2D eigenvalue weighted by atomic mass is 16.4. The summed E-state index contributed by atoms with van der Waals surface area (Å²) in [5, 5.41) is 15.0. The van der Waals surface area contributed by atoms with Crippen molar-refractivity contribution < 1.29 is 19.5 Å². The van der Waals surface area contributed by atoms with Crippen LogP contribution in [0.25, 0.3) is 0 Å². The Morgan fingerprint density at radius 1 is 0.960 bits per heavy atom. The van der Waals surface area contributed by atoms with Gasteiger partial charge in [-0.05, 0) is 42.5 Å². The molecule has 2 amide bonds. The quantitative estimate of drug-likeness (QED) is 0.717. The van der Waals surface area contributed by atoms with Crippen molar-refractivity contribution >= 4 is 29.2 Å². The standard InChI is InChI=1S/C19H22N2O4/c1-10(2)17(22)20-13-5-7-14(8-6-13)21-18(23)15-11-3-4-12(9-11)16(15)19(24)25/h3-8,10-12,15-16H,9H2,1-2H3,(H,20,22)(H,21,23)(H,24,25). The van der Waals surface area contributed by atoms with Crippen LogP contribution in [0.2, 0.25) is 0 Å². The molecule has 4 atom stereocenters. The van der Waals surface area contributed by atoms with Gasteiger partial charge in [-0.2, -0.15) is 0 Å². The molecule has 3 rings (SSSR count). The monoisotopic (exact) mass is 342 g/mol. The van der Waals surface area contributed by atoms with E-state index in [4.69, 9.17) is 0 Å². The van der Waals surface area contributed by atoms with E-state index in [2.05, 4.69) is 10.6 Å². The fourth-order valence-electron chi connectivity index (χ4n) is 3.67. The van der Waals surface area contributed by atoms with Gasteiger partial charge >= 0.3 is 5.97 Å². The van der Waals surface area contributed by atoms with Crippen molar-refractivity contribution in [2.45, 2.75) is 20.3 Å². The van der Waals surface area contributed by atoms with Gasteiger partial charge < -0.3 is 15.7 Å². The molecule has 2 aliphatic carbocycles. The number of carbonyl (C=O) groups excluding carboxylic acids is 2. The zero-order chi connectivity index (χ0) is 18.1. The number of carboxylic acids is 1. The number of nitrogens with one attached hydrogen (secondary N) is 2. The fourth-order valence-corrected chi connectivity index (χ4v) is 3.67. The maximum Gasteiger partial charge on any atom is 0.307 e. The molecule has 1 aromatic rings. The Morgan fingerprint density at radius 2 is 1.48 bits per heavy atom. The second-order valence-electron chi connectivity index (χ2n) is 7.05. The number of carbonyl (C=O) groups is 3. The van der Waals surface area contributed by atoms with Crippen molar-refractivity contribution in [3.05, 3.63) is 36.4 Å². The molecule has 0 radical (unpaired) electrons. The molecule has 2 bridgehead atoms. The average molecular weight is 342 g/mol. The highest BCUT2D eigenvalue weighted by molar-refractivity contribution is 5.97. The van der Waals surface area contributed by atoms with Gasteiger partial charge in [-0.1, -0.05) is 26.0 Å². The molecule has 0 aliphatic heterocycles. The minimum atomic E-state index is -0.913. The summed E-state index contributed by atoms with van der Waals surface area (Å²) in [7, 11) is 0. The summed E-state index contributed by atoms with van der Waals surface area (Å²) in [5.41, 5.74) is 1.24. The molecule has 2 aliphatic rings. The van der Waals surface area contributed by atoms with E-state index in [0.29, 0.717) is 11.4 Å². The number of hydrogen-bond donors (Lipinski definition) is 3. The van der Waals surface area contributed by atoms with Crippen molar-refractivity contribution in [1.82, 2.24) is 0 Å². The Balaban J connectivity index is 1.66. The van der Waals surface area contributed by atoms with Crippen LogP contribution in [0.4, 0.5) is 11.4 Å². The van der Waals surface area contributed by atoms with Crippen LogP contribution in [-0.4, -0.2) is 22.9 Å². The summed E-state index contributed by atoms with van der Waals surface area (Å²) in [6.07, 6.45) is 4.60. The Labute approximate surface area is 146 Å². The lowest BCUT2D eigenvalue weighted by Crippen LogP contribution is -2.36. The number of aliphatic carboxylic acids is 1. The molecule has 6 heteroatoms. The molecule has 1 fully saturated rings. The lowest BCUT2D eigenvalue weighted by atomic mass is 9.82. The van der Waals surface area contributed by atoms with E-state index in [1.165, 1.54) is 0 Å². The molecular formula is C19H22N2O4. The zero-order valence-corrected chi connectivity index (χ0v) is 14.2. The van der Waals surface area contributed by atoms with E-state index < -0.39 is 17.8 Å². The molecule has 1 aromatic carbocycles. The molecule has 0 aromatic heterocycles. The van der Waals surface area contributed by atoms with Crippen LogP contribution in [0.15, 0.2) is 36.4 Å². The number of anilines is 2. The van der Waals surface area contributed by atoms with Crippen LogP contribution in [0.3, 0.4) is 0 Å². The summed E-state index contributed by atoms with van der Waals surface area (Å²) in [6, 6.07) is 6.83. The van der Waals surface area contributed by atoms with Crippen LogP contribution in [0, 0.1) is 29.6 Å². The molecule has 132 valence electrons. The Bertz CT molecular complexity index is 723. The highest BCUT2D eigenvalue weighted by Crippen LogP contribution is 2.48. The van der Waals surface area contributed by atoms with Crippen LogP contribution in [0.5, 0.6) is 0 Å². The normalized spacial score (nSPS) is 26.7. The van der Waals surface area contributed by atoms with Gasteiger partial charge in [0.15, 0.2) is 0 Å². The van der Waals surface area contributed by atoms with Crippen molar-refractivity contribution in [1.29, 1.82) is 0 Å². The predicted octanol–water partition coefficient (Wildman–Crippen LogP) is 2.74. The zero-order valence-electron chi connectivity index (χ0n) is 14.2. The first-order chi connectivity index (χ1) is 11.9. The number of rotatable bonds is 5. The Hall–Kier alpha value is -2.63. The first-order valence-electron chi connectivity index (χ1n) is 8.49. The third-order valence-electron chi connectivity index (χ3n) is 4.99. The summed E-state index contributed by atoms with van der Waals surface area (Å²) in [5.74, 6) is -2.60. The van der Waals surface area contributed by atoms with Gasteiger partial charge in [0, 0.05) is 17.3 Å². The minimum absolute atomic E-state index is 0.00398. The van der Waals surface area contributed by atoms with E-state index in [9.17, 15) is 19.5 Å². The van der Waals surface area contributed by atoms with Crippen molar-refractivity contribution in [2.75, 3.05) is 10.6 Å². The number of benzene rings is 1. The molecule has 1 saturated carbocycles. The predicted molar refractivity (Wildman–Crippen MR) is 93.9 cm³/mol. The number of carboxylic acid groups (broad SMARTS) is 1. The SMILES string of the molecule is CC(C)C(=O)Nc1ccc(NC(=O)C2C3C=CC(C3)C2C(=O)O)cc1. The molecule has 6 nitrogen and oxygen atoms in total. The molecule has 0 spiro atoms. The van der Waals surface area contributed by atoms with E-state index in [1.807, 2.05) is 26.0 Å². The largest absolute Gasteiger partial charge is 0.481 e. The maximum absolute atomic E-state index is 12.6. The minimum Gasteiger partial charge on any atom is -0.481 e. The lowest BCUT2D eigenvalue weighted by molar-refractivity contribution is -0.146. The molecular weight excluding hydrogens is 320 g/mol. The van der Waals surface area contributed by atoms with E-state index >= 15 is 0 Å². The van der Waals surface area contributed by atoms with Gasteiger partial charge in [-0.25, -0.2) is 0 Å². The first kappa shape index (κ1) is 17.2. The summed E-state index contributed by atoms with van der Waals surface area (Å²) in [6.45, 7) is 3.62. The molecule has 0 heterocycles.